The molecule has 112 valence electrons. The van der Waals surface area contributed by atoms with E-state index in [1.165, 1.54) is 12.1 Å². The maximum atomic E-state index is 13.2. The lowest BCUT2D eigenvalue weighted by Gasteiger charge is -2.43. The fourth-order valence-corrected chi connectivity index (χ4v) is 3.35. The summed E-state index contributed by atoms with van der Waals surface area (Å²) < 4.78 is 15.0. The number of benzene rings is 1. The fourth-order valence-electron chi connectivity index (χ4n) is 2.99. The minimum atomic E-state index is -0.201. The molecule has 1 aromatic heterocycles. The quantitative estimate of drug-likeness (QED) is 0.941. The first kappa shape index (κ1) is 14.5. The molecule has 0 saturated carbocycles. The molecule has 0 radical (unpaired) electrons. The summed E-state index contributed by atoms with van der Waals surface area (Å²) in [6.07, 6.45) is 1.64. The monoisotopic (exact) mass is 307 g/mol. The van der Waals surface area contributed by atoms with Crippen molar-refractivity contribution in [3.05, 3.63) is 52.1 Å². The Morgan fingerprint density at radius 3 is 2.48 bits per heavy atom. The maximum Gasteiger partial charge on any atom is 0.123 e. The van der Waals surface area contributed by atoms with Gasteiger partial charge in [-0.2, -0.15) is 5.10 Å². The Morgan fingerprint density at radius 1 is 1.33 bits per heavy atom. The zero-order chi connectivity index (χ0) is 15.0. The normalized spacial score (nSPS) is 16.8. The Hall–Kier alpha value is -1.39. The Morgan fingerprint density at radius 2 is 2.00 bits per heavy atom. The second-order valence-electron chi connectivity index (χ2n) is 5.75. The van der Waals surface area contributed by atoms with Gasteiger partial charge in [-0.25, -0.2) is 4.39 Å². The minimum Gasteiger partial charge on any atom is -0.315 e. The highest BCUT2D eigenvalue weighted by atomic mass is 35.5. The Kier molecular flexibility index (Phi) is 3.76. The number of nitrogens with zero attached hydrogens (tertiary/aromatic N) is 2. The van der Waals surface area contributed by atoms with Gasteiger partial charge in [-0.15, -0.1) is 0 Å². The average molecular weight is 308 g/mol. The molecule has 0 bridgehead atoms. The van der Waals surface area contributed by atoms with Crippen LogP contribution in [-0.4, -0.2) is 22.9 Å². The van der Waals surface area contributed by atoms with Gasteiger partial charge in [-0.3, -0.25) is 4.68 Å². The molecule has 1 saturated heterocycles. The molecule has 1 aliphatic heterocycles. The maximum absolute atomic E-state index is 13.2. The van der Waals surface area contributed by atoms with E-state index in [9.17, 15) is 4.39 Å². The smallest absolute Gasteiger partial charge is 0.123 e. The van der Waals surface area contributed by atoms with E-state index < -0.39 is 0 Å². The largest absolute Gasteiger partial charge is 0.315 e. The zero-order valence-corrected chi connectivity index (χ0v) is 13.0. The summed E-state index contributed by atoms with van der Waals surface area (Å²) in [5, 5.41) is 8.58. The van der Waals surface area contributed by atoms with E-state index in [1.807, 2.05) is 23.9 Å². The van der Waals surface area contributed by atoms with Crippen molar-refractivity contribution in [3.63, 3.8) is 0 Å². The molecule has 0 atom stereocenters. The molecule has 0 aliphatic carbocycles. The van der Waals surface area contributed by atoms with E-state index in [4.69, 9.17) is 11.6 Å². The molecular formula is C16H19ClFN3. The molecule has 2 heterocycles. The molecule has 5 heteroatoms. The molecule has 0 unspecified atom stereocenters. The zero-order valence-electron chi connectivity index (χ0n) is 12.3. The lowest BCUT2D eigenvalue weighted by atomic mass is 9.72. The molecule has 1 aliphatic rings. The summed E-state index contributed by atoms with van der Waals surface area (Å²) in [6, 6.07) is 6.80. The number of nitrogens with one attached hydrogen (secondary N) is 1. The van der Waals surface area contributed by atoms with Gasteiger partial charge in [-0.05, 0) is 24.1 Å². The molecule has 1 aromatic carbocycles. The van der Waals surface area contributed by atoms with E-state index >= 15 is 0 Å². The minimum absolute atomic E-state index is 0.0177. The third-order valence-corrected chi connectivity index (χ3v) is 4.83. The first-order chi connectivity index (χ1) is 10.1. The van der Waals surface area contributed by atoms with Crippen molar-refractivity contribution in [3.8, 4) is 0 Å². The van der Waals surface area contributed by atoms with Crippen LogP contribution >= 0.6 is 11.6 Å². The highest BCUT2D eigenvalue weighted by molar-refractivity contribution is 6.31. The van der Waals surface area contributed by atoms with Gasteiger partial charge in [0.25, 0.3) is 0 Å². The number of rotatable bonds is 4. The third kappa shape index (κ3) is 2.47. The topological polar surface area (TPSA) is 29.9 Å². The first-order valence-electron chi connectivity index (χ1n) is 7.23. The van der Waals surface area contributed by atoms with Gasteiger partial charge >= 0.3 is 0 Å². The molecule has 0 amide bonds. The second-order valence-corrected chi connectivity index (χ2v) is 6.13. The Bertz CT molecular complexity index is 644. The van der Waals surface area contributed by atoms with Crippen molar-refractivity contribution < 1.29 is 4.39 Å². The SMILES string of the molecule is CCc1nn(C)c(CC2(c3ccc(F)cc3)CNC2)c1Cl. The summed E-state index contributed by atoms with van der Waals surface area (Å²) in [7, 11) is 1.94. The number of hydrogen-bond acceptors (Lipinski definition) is 2. The van der Waals surface area contributed by atoms with Gasteiger partial charge in [0.1, 0.15) is 5.82 Å². The summed E-state index contributed by atoms with van der Waals surface area (Å²) in [4.78, 5) is 0. The molecule has 3 nitrogen and oxygen atoms in total. The van der Waals surface area contributed by atoms with Gasteiger partial charge in [0, 0.05) is 32.0 Å². The number of hydrogen-bond donors (Lipinski definition) is 1. The van der Waals surface area contributed by atoms with Crippen molar-refractivity contribution in [1.29, 1.82) is 0 Å². The van der Waals surface area contributed by atoms with Gasteiger partial charge in [0.05, 0.1) is 16.4 Å². The van der Waals surface area contributed by atoms with Crippen LogP contribution in [0.1, 0.15) is 23.9 Å². The van der Waals surface area contributed by atoms with Crippen molar-refractivity contribution in [2.75, 3.05) is 13.1 Å². The number of aromatic nitrogens is 2. The third-order valence-electron chi connectivity index (χ3n) is 4.39. The van der Waals surface area contributed by atoms with E-state index in [2.05, 4.69) is 17.3 Å². The van der Waals surface area contributed by atoms with Crippen LogP contribution in [0, 0.1) is 5.82 Å². The summed E-state index contributed by atoms with van der Waals surface area (Å²) in [5.74, 6) is -0.201. The predicted molar refractivity (Wildman–Crippen MR) is 82.2 cm³/mol. The Labute approximate surface area is 129 Å². The van der Waals surface area contributed by atoms with Gasteiger partial charge in [0.2, 0.25) is 0 Å². The molecular weight excluding hydrogens is 289 g/mol. The first-order valence-corrected chi connectivity index (χ1v) is 7.60. The van der Waals surface area contributed by atoms with Crippen LogP contribution in [-0.2, 0) is 25.3 Å². The summed E-state index contributed by atoms with van der Waals surface area (Å²) >= 11 is 6.47. The Balaban J connectivity index is 1.95. The average Bonchev–Trinajstić information content (AvgIpc) is 2.70. The van der Waals surface area contributed by atoms with Crippen LogP contribution in [0.15, 0.2) is 24.3 Å². The molecule has 3 rings (SSSR count). The van der Waals surface area contributed by atoms with Crippen LogP contribution < -0.4 is 5.32 Å². The van der Waals surface area contributed by atoms with E-state index in [0.29, 0.717) is 0 Å². The fraction of sp³-hybridized carbons (Fsp3) is 0.438. The lowest BCUT2D eigenvalue weighted by molar-refractivity contribution is 0.269. The summed E-state index contributed by atoms with van der Waals surface area (Å²) in [6.45, 7) is 3.81. The standard InChI is InChI=1S/C16H19ClFN3/c1-3-13-15(17)14(21(2)20-13)8-16(9-19-10-16)11-4-6-12(18)7-5-11/h4-7,19H,3,8-10H2,1-2H3. The van der Waals surface area contributed by atoms with E-state index in [1.54, 1.807) is 0 Å². The van der Waals surface area contributed by atoms with Crippen LogP contribution in [0.3, 0.4) is 0 Å². The van der Waals surface area contributed by atoms with Gasteiger partial charge in [0.15, 0.2) is 0 Å². The van der Waals surface area contributed by atoms with E-state index in [-0.39, 0.29) is 11.2 Å². The van der Waals surface area contributed by atoms with Crippen LogP contribution in [0.4, 0.5) is 4.39 Å². The molecule has 21 heavy (non-hydrogen) atoms. The molecule has 1 N–H and O–H groups in total. The van der Waals surface area contributed by atoms with Crippen LogP contribution in [0.25, 0.3) is 0 Å². The number of halogens is 2. The lowest BCUT2D eigenvalue weighted by Crippen LogP contribution is -2.58. The van der Waals surface area contributed by atoms with Crippen LogP contribution in [0.5, 0.6) is 0 Å². The van der Waals surface area contributed by atoms with E-state index in [0.717, 1.165) is 47.9 Å². The number of aryl methyl sites for hydroxylation is 2. The second kappa shape index (κ2) is 5.43. The molecule has 2 aromatic rings. The highest BCUT2D eigenvalue weighted by Crippen LogP contribution is 2.35. The van der Waals surface area contributed by atoms with Crippen molar-refractivity contribution in [2.45, 2.75) is 25.2 Å². The predicted octanol–water partition coefficient (Wildman–Crippen LogP) is 2.86. The van der Waals surface area contributed by atoms with Gasteiger partial charge in [-0.1, -0.05) is 30.7 Å². The molecule has 1 fully saturated rings. The van der Waals surface area contributed by atoms with Crippen molar-refractivity contribution in [1.82, 2.24) is 15.1 Å². The van der Waals surface area contributed by atoms with Crippen molar-refractivity contribution in [2.24, 2.45) is 7.05 Å². The van der Waals surface area contributed by atoms with Gasteiger partial charge < -0.3 is 5.32 Å². The molecule has 0 spiro atoms. The summed E-state index contributed by atoms with van der Waals surface area (Å²) in [5.41, 5.74) is 3.13. The van der Waals surface area contributed by atoms with Crippen molar-refractivity contribution >= 4 is 11.6 Å². The van der Waals surface area contributed by atoms with Crippen LogP contribution in [0.2, 0.25) is 5.02 Å². The highest BCUT2D eigenvalue weighted by Gasteiger charge is 2.40.